The van der Waals surface area contributed by atoms with Crippen LogP contribution in [0.5, 0.6) is 0 Å². The van der Waals surface area contributed by atoms with Crippen LogP contribution in [0.3, 0.4) is 0 Å². The fourth-order valence-corrected chi connectivity index (χ4v) is 4.63. The van der Waals surface area contributed by atoms with E-state index in [9.17, 15) is 22.8 Å². The maximum atomic E-state index is 12.9. The van der Waals surface area contributed by atoms with Crippen molar-refractivity contribution in [2.45, 2.75) is 32.0 Å². The van der Waals surface area contributed by atoms with Crippen LogP contribution in [-0.4, -0.2) is 53.7 Å². The SMILES string of the molecule is C[C@@H](C1CCN(c2ccc(C(F)(F)F)cc2)CC1)n1ncc2nc(-n3cc(C(=O)O)cn3)[nH]c(=O)c21. The number of fused-ring (bicyclic) bond motifs is 1. The van der Waals surface area contributed by atoms with Crippen molar-refractivity contribution in [3.8, 4) is 5.95 Å². The predicted octanol–water partition coefficient (Wildman–Crippen LogP) is 3.50. The molecule has 1 atom stereocenters. The van der Waals surface area contributed by atoms with Gasteiger partial charge in [-0.15, -0.1) is 0 Å². The van der Waals surface area contributed by atoms with Gasteiger partial charge in [0.05, 0.1) is 29.6 Å². The number of hydrogen-bond donors (Lipinski definition) is 2. The molecule has 0 unspecified atom stereocenters. The summed E-state index contributed by atoms with van der Waals surface area (Å²) in [6, 6.07) is 5.07. The fraction of sp³-hybridized carbons (Fsp3) is 0.348. The molecule has 1 aromatic carbocycles. The van der Waals surface area contributed by atoms with Crippen LogP contribution in [0, 0.1) is 5.92 Å². The van der Waals surface area contributed by atoms with Crippen molar-refractivity contribution in [1.29, 1.82) is 0 Å². The van der Waals surface area contributed by atoms with E-state index >= 15 is 0 Å². The zero-order valence-electron chi connectivity index (χ0n) is 19.1. The summed E-state index contributed by atoms with van der Waals surface area (Å²) in [7, 11) is 0. The molecular formula is C23H22F3N7O3. The van der Waals surface area contributed by atoms with E-state index in [0.717, 1.165) is 36.9 Å². The molecule has 0 saturated carbocycles. The lowest BCUT2D eigenvalue weighted by Gasteiger charge is -2.36. The summed E-state index contributed by atoms with van der Waals surface area (Å²) in [5.74, 6) is -0.866. The first-order valence-corrected chi connectivity index (χ1v) is 11.3. The van der Waals surface area contributed by atoms with Crippen molar-refractivity contribution in [3.63, 3.8) is 0 Å². The third-order valence-electron chi connectivity index (χ3n) is 6.66. The van der Waals surface area contributed by atoms with Gasteiger partial charge in [0.15, 0.2) is 5.52 Å². The number of carbonyl (C=O) groups is 1. The molecule has 188 valence electrons. The number of H-pyrrole nitrogens is 1. The van der Waals surface area contributed by atoms with Gasteiger partial charge in [-0.25, -0.2) is 14.5 Å². The highest BCUT2D eigenvalue weighted by Crippen LogP contribution is 2.34. The molecule has 0 amide bonds. The van der Waals surface area contributed by atoms with Gasteiger partial charge in [0.2, 0.25) is 5.95 Å². The first kappa shape index (κ1) is 23.6. The maximum Gasteiger partial charge on any atom is 0.416 e. The lowest BCUT2D eigenvalue weighted by Crippen LogP contribution is -2.36. The van der Waals surface area contributed by atoms with E-state index in [-0.39, 0.29) is 23.5 Å². The Balaban J connectivity index is 1.31. The van der Waals surface area contributed by atoms with Crippen molar-refractivity contribution < 1.29 is 23.1 Å². The Labute approximate surface area is 202 Å². The van der Waals surface area contributed by atoms with E-state index in [1.54, 1.807) is 4.68 Å². The number of nitrogens with zero attached hydrogens (tertiary/aromatic N) is 6. The minimum absolute atomic E-state index is 0.0373. The summed E-state index contributed by atoms with van der Waals surface area (Å²) >= 11 is 0. The largest absolute Gasteiger partial charge is 0.478 e. The van der Waals surface area contributed by atoms with E-state index in [2.05, 4.69) is 25.1 Å². The maximum absolute atomic E-state index is 12.9. The molecule has 1 aliphatic rings. The van der Waals surface area contributed by atoms with Gasteiger partial charge in [0.25, 0.3) is 5.56 Å². The molecule has 4 aromatic rings. The van der Waals surface area contributed by atoms with Crippen molar-refractivity contribution in [2.24, 2.45) is 5.92 Å². The number of carboxylic acid groups (broad SMARTS) is 1. The lowest BCUT2D eigenvalue weighted by atomic mass is 9.90. The van der Waals surface area contributed by atoms with Crippen molar-refractivity contribution >= 4 is 22.7 Å². The van der Waals surface area contributed by atoms with Crippen LogP contribution in [0.4, 0.5) is 18.9 Å². The van der Waals surface area contributed by atoms with Crippen molar-refractivity contribution in [3.05, 3.63) is 64.3 Å². The summed E-state index contributed by atoms with van der Waals surface area (Å²) in [6.07, 6.45) is 1.10. The molecule has 5 rings (SSSR count). The number of hydrogen-bond acceptors (Lipinski definition) is 6. The Kier molecular flexibility index (Phi) is 5.77. The molecule has 36 heavy (non-hydrogen) atoms. The molecule has 0 radical (unpaired) electrons. The third-order valence-corrected chi connectivity index (χ3v) is 6.66. The van der Waals surface area contributed by atoms with E-state index in [0.29, 0.717) is 24.1 Å². The molecule has 0 aliphatic carbocycles. The van der Waals surface area contributed by atoms with E-state index in [4.69, 9.17) is 5.11 Å². The Hall–Kier alpha value is -4.16. The normalized spacial score (nSPS) is 15.9. The van der Waals surface area contributed by atoms with Gasteiger partial charge < -0.3 is 10.0 Å². The molecule has 3 aromatic heterocycles. The molecule has 2 N–H and O–H groups in total. The number of anilines is 1. The van der Waals surface area contributed by atoms with Crippen LogP contribution in [0.1, 0.15) is 41.7 Å². The second-order valence-electron chi connectivity index (χ2n) is 8.80. The minimum Gasteiger partial charge on any atom is -0.478 e. The van der Waals surface area contributed by atoms with E-state index in [1.165, 1.54) is 29.2 Å². The number of nitrogens with one attached hydrogen (secondary N) is 1. The van der Waals surface area contributed by atoms with Crippen LogP contribution in [0.15, 0.2) is 47.7 Å². The number of aromatic amines is 1. The summed E-state index contributed by atoms with van der Waals surface area (Å²) in [5.41, 5.74) is 0.282. The zero-order chi connectivity index (χ0) is 25.6. The van der Waals surface area contributed by atoms with Crippen LogP contribution in [-0.2, 0) is 6.18 Å². The molecule has 13 heteroatoms. The van der Waals surface area contributed by atoms with Crippen LogP contribution >= 0.6 is 0 Å². The summed E-state index contributed by atoms with van der Waals surface area (Å²) in [5, 5.41) is 17.4. The number of piperidine rings is 1. The fourth-order valence-electron chi connectivity index (χ4n) is 4.63. The van der Waals surface area contributed by atoms with Gasteiger partial charge in [-0.2, -0.15) is 23.4 Å². The first-order valence-electron chi connectivity index (χ1n) is 11.3. The van der Waals surface area contributed by atoms with Gasteiger partial charge in [-0.3, -0.25) is 14.5 Å². The number of alkyl halides is 3. The molecule has 4 heterocycles. The molecule has 0 spiro atoms. The number of aromatic nitrogens is 6. The van der Waals surface area contributed by atoms with Crippen molar-refractivity contribution in [1.82, 2.24) is 29.5 Å². The predicted molar refractivity (Wildman–Crippen MR) is 123 cm³/mol. The van der Waals surface area contributed by atoms with Gasteiger partial charge in [0.1, 0.15) is 5.52 Å². The van der Waals surface area contributed by atoms with Gasteiger partial charge in [0, 0.05) is 25.0 Å². The molecule has 1 fully saturated rings. The van der Waals surface area contributed by atoms with E-state index < -0.39 is 23.3 Å². The number of halogens is 3. The van der Waals surface area contributed by atoms with E-state index in [1.807, 2.05) is 6.92 Å². The highest BCUT2D eigenvalue weighted by atomic mass is 19.4. The van der Waals surface area contributed by atoms with Gasteiger partial charge >= 0.3 is 12.1 Å². The Morgan fingerprint density at radius 3 is 2.44 bits per heavy atom. The van der Waals surface area contributed by atoms with Crippen molar-refractivity contribution in [2.75, 3.05) is 18.0 Å². The highest BCUT2D eigenvalue weighted by Gasteiger charge is 2.31. The first-order chi connectivity index (χ1) is 17.1. The van der Waals surface area contributed by atoms with Gasteiger partial charge in [-0.05, 0) is 49.9 Å². The third kappa shape index (κ3) is 4.32. The van der Waals surface area contributed by atoms with Crippen LogP contribution < -0.4 is 10.5 Å². The second-order valence-corrected chi connectivity index (χ2v) is 8.80. The number of carboxylic acids is 1. The Bertz CT molecular complexity index is 1460. The molecule has 1 saturated heterocycles. The molecule has 10 nitrogen and oxygen atoms in total. The second kappa shape index (κ2) is 8.81. The number of rotatable bonds is 5. The zero-order valence-corrected chi connectivity index (χ0v) is 19.1. The average molecular weight is 501 g/mol. The smallest absolute Gasteiger partial charge is 0.416 e. The lowest BCUT2D eigenvalue weighted by molar-refractivity contribution is -0.137. The van der Waals surface area contributed by atoms with Crippen LogP contribution in [0.25, 0.3) is 17.0 Å². The highest BCUT2D eigenvalue weighted by molar-refractivity contribution is 5.87. The standard InChI is InChI=1S/C23H22F3N7O3/c1-13(14-6-8-31(9-7-14)17-4-2-16(3-5-17)23(24,25)26)33-19-18(11-28-33)29-22(30-20(19)34)32-12-15(10-27-32)21(35)36/h2-5,10-14H,6-9H2,1H3,(H,35,36)(H,29,30,34)/t13-/m0/s1. The Morgan fingerprint density at radius 1 is 1.14 bits per heavy atom. The molecule has 0 bridgehead atoms. The monoisotopic (exact) mass is 501 g/mol. The minimum atomic E-state index is -4.36. The van der Waals surface area contributed by atoms with Gasteiger partial charge in [-0.1, -0.05) is 0 Å². The van der Waals surface area contributed by atoms with Crippen LogP contribution in [0.2, 0.25) is 0 Å². The Morgan fingerprint density at radius 2 is 1.83 bits per heavy atom. The topological polar surface area (TPSA) is 122 Å². The quantitative estimate of drug-likeness (QED) is 0.429. The summed E-state index contributed by atoms with van der Waals surface area (Å²) in [4.78, 5) is 33.1. The summed E-state index contributed by atoms with van der Waals surface area (Å²) in [6.45, 7) is 3.32. The summed E-state index contributed by atoms with van der Waals surface area (Å²) < 4.78 is 41.3. The molecule has 1 aliphatic heterocycles. The number of aromatic carboxylic acids is 1. The number of benzene rings is 1. The average Bonchev–Trinajstić information content (AvgIpc) is 3.51. The molecular weight excluding hydrogens is 479 g/mol.